The van der Waals surface area contributed by atoms with Gasteiger partial charge in [0.25, 0.3) is 0 Å². The lowest BCUT2D eigenvalue weighted by Crippen LogP contribution is -2.68. The Labute approximate surface area is 334 Å². The fourth-order valence-electron chi connectivity index (χ4n) is 14.4. The predicted molar refractivity (Wildman–Crippen MR) is 201 cm³/mol. The third-order valence-corrected chi connectivity index (χ3v) is 17.2. The first-order valence-electron chi connectivity index (χ1n) is 20.8. The molecule has 4 aliphatic heterocycles. The largest absolute Gasteiger partial charge is 0.389 e. The maximum absolute atomic E-state index is 12.3. The minimum Gasteiger partial charge on any atom is -0.389 e. The Balaban J connectivity index is 0.980. The molecule has 4 heterocycles. The van der Waals surface area contributed by atoms with Crippen LogP contribution in [0.15, 0.2) is 11.6 Å². The first kappa shape index (κ1) is 42.2. The zero-order valence-electron chi connectivity index (χ0n) is 33.9. The van der Waals surface area contributed by atoms with Crippen molar-refractivity contribution in [2.45, 2.75) is 166 Å². The van der Waals surface area contributed by atoms with Crippen LogP contribution in [0.25, 0.3) is 0 Å². The molecule has 0 aromatic carbocycles. The lowest BCUT2D eigenvalue weighted by atomic mass is 9.35. The van der Waals surface area contributed by atoms with Gasteiger partial charge in [0.2, 0.25) is 0 Å². The van der Waals surface area contributed by atoms with Crippen molar-refractivity contribution in [1.29, 1.82) is 0 Å². The zero-order chi connectivity index (χ0) is 40.4. The molecule has 4 aliphatic carbocycles. The highest BCUT2D eigenvalue weighted by Crippen LogP contribution is 2.80. The van der Waals surface area contributed by atoms with Gasteiger partial charge in [-0.15, -0.1) is 0 Å². The van der Waals surface area contributed by atoms with Crippen LogP contribution in [0, 0.1) is 51.2 Å². The molecule has 8 rings (SSSR count). The van der Waals surface area contributed by atoms with Crippen molar-refractivity contribution in [2.24, 2.45) is 51.2 Å². The van der Waals surface area contributed by atoms with Gasteiger partial charge in [0.1, 0.15) is 42.7 Å². The van der Waals surface area contributed by atoms with E-state index >= 15 is 0 Å². The second-order valence-corrected chi connectivity index (χ2v) is 20.7. The maximum Gasteiger partial charge on any atom is 0.187 e. The van der Waals surface area contributed by atoms with Gasteiger partial charge < -0.3 is 63.6 Å². The Morgan fingerprint density at radius 1 is 0.821 bits per heavy atom. The van der Waals surface area contributed by atoms with Gasteiger partial charge in [-0.25, -0.2) is 0 Å². The Bertz CT molecular complexity index is 1490. The van der Waals surface area contributed by atoms with Crippen LogP contribution in [0.5, 0.6) is 0 Å². The van der Waals surface area contributed by atoms with Crippen LogP contribution in [0.2, 0.25) is 0 Å². The van der Waals surface area contributed by atoms with Gasteiger partial charge >= 0.3 is 0 Å². The van der Waals surface area contributed by atoms with E-state index < -0.39 is 66.7 Å². The standard InChI is InChI=1S/C41H66O14S/c1-20(2)14-21-15-50-41-18-40(19-51-41)22(33(41)39(21,7)47)8-9-26-37(5)12-11-27(36(3,4)25(37)10-13-38(26,40)6)54-34-31(46)32(23(42)16-49-34)55-35-30(45)29(44)28(43)24(53-35)17-52-56-48/h14,21-35,42-48H,8-13,15-19H2,1-7H3/t21-,22?,23-,24?,25?,26?,27-,28+,29+,30?,31?,32+,33?,34-,35-,37-,38+,39+,40-,41+/m0/s1. The average Bonchev–Trinajstić information content (AvgIpc) is 3.67. The molecule has 56 heavy (non-hydrogen) atoms. The molecule has 320 valence electrons. The molecule has 0 amide bonds. The first-order chi connectivity index (χ1) is 26.3. The smallest absolute Gasteiger partial charge is 0.187 e. The summed E-state index contributed by atoms with van der Waals surface area (Å²) in [4.78, 5) is 0. The van der Waals surface area contributed by atoms with Crippen LogP contribution in [0.4, 0.5) is 0 Å². The van der Waals surface area contributed by atoms with Gasteiger partial charge in [0, 0.05) is 23.7 Å². The molecule has 7 unspecified atom stereocenters. The number of fused-ring (bicyclic) bond motifs is 4. The van der Waals surface area contributed by atoms with Crippen LogP contribution in [0.1, 0.15) is 93.4 Å². The van der Waals surface area contributed by atoms with Crippen molar-refractivity contribution >= 4 is 12.3 Å². The Hall–Kier alpha value is -0.470. The van der Waals surface area contributed by atoms with E-state index in [2.05, 4.69) is 47.6 Å². The van der Waals surface area contributed by atoms with Crippen LogP contribution in [0.3, 0.4) is 0 Å². The normalized spacial score (nSPS) is 56.1. The van der Waals surface area contributed by atoms with E-state index in [1.165, 1.54) is 5.57 Å². The maximum atomic E-state index is 12.3. The first-order valence-corrected chi connectivity index (χ1v) is 21.5. The number of aliphatic hydroxyl groups is 6. The second kappa shape index (κ2) is 14.6. The highest BCUT2D eigenvalue weighted by Gasteiger charge is 2.81. The second-order valence-electron chi connectivity index (χ2n) is 20.3. The highest BCUT2D eigenvalue weighted by molar-refractivity contribution is 7.88. The van der Waals surface area contributed by atoms with Crippen molar-refractivity contribution in [3.8, 4) is 0 Å². The van der Waals surface area contributed by atoms with Gasteiger partial charge in [-0.3, -0.25) is 4.18 Å². The van der Waals surface area contributed by atoms with Crippen molar-refractivity contribution in [3.63, 3.8) is 0 Å². The molecule has 0 aromatic rings. The molecular weight excluding hydrogens is 749 g/mol. The van der Waals surface area contributed by atoms with E-state index in [9.17, 15) is 30.6 Å². The fourth-order valence-corrected chi connectivity index (χ4v) is 14.6. The van der Waals surface area contributed by atoms with Crippen molar-refractivity contribution < 1.29 is 67.8 Å². The summed E-state index contributed by atoms with van der Waals surface area (Å²) in [5, 5.41) is 66.3. The molecule has 20 atom stereocenters. The lowest BCUT2D eigenvalue weighted by Gasteiger charge is -2.70. The summed E-state index contributed by atoms with van der Waals surface area (Å²) < 4.78 is 51.5. The summed E-state index contributed by atoms with van der Waals surface area (Å²) in [6.07, 6.45) is -4.21. The van der Waals surface area contributed by atoms with Crippen molar-refractivity contribution in [2.75, 3.05) is 26.4 Å². The predicted octanol–water partition coefficient (Wildman–Crippen LogP) is 3.15. The number of rotatable bonds is 8. The van der Waals surface area contributed by atoms with Gasteiger partial charge in [-0.1, -0.05) is 39.3 Å². The summed E-state index contributed by atoms with van der Waals surface area (Å²) in [5.74, 6) is 0.168. The summed E-state index contributed by atoms with van der Waals surface area (Å²) in [6.45, 7) is 16.3. The lowest BCUT2D eigenvalue weighted by molar-refractivity contribution is -0.357. The van der Waals surface area contributed by atoms with Crippen LogP contribution in [-0.4, -0.2) is 134 Å². The third-order valence-electron chi connectivity index (χ3n) is 17.0. The van der Waals surface area contributed by atoms with Gasteiger partial charge in [-0.2, -0.15) is 0 Å². The summed E-state index contributed by atoms with van der Waals surface area (Å²) >= 11 is 0.0675. The Morgan fingerprint density at radius 2 is 1.57 bits per heavy atom. The molecule has 8 aliphatic rings. The Kier molecular flexibility index (Phi) is 11.0. The minimum absolute atomic E-state index is 0.00194. The number of allylic oxidation sites excluding steroid dienone is 1. The molecule has 15 heteroatoms. The van der Waals surface area contributed by atoms with Gasteiger partial charge in [-0.05, 0) is 93.3 Å². The summed E-state index contributed by atoms with van der Waals surface area (Å²) in [5.41, 5.74) is -0.127. The zero-order valence-corrected chi connectivity index (χ0v) is 34.7. The summed E-state index contributed by atoms with van der Waals surface area (Å²) in [6, 6.07) is 0. The van der Waals surface area contributed by atoms with Crippen LogP contribution < -0.4 is 0 Å². The quantitative estimate of drug-likeness (QED) is 0.107. The third kappa shape index (κ3) is 6.11. The van der Waals surface area contributed by atoms with Crippen molar-refractivity contribution in [3.05, 3.63) is 11.6 Å². The van der Waals surface area contributed by atoms with E-state index in [4.69, 9.17) is 37.2 Å². The number of ether oxygens (including phenoxy) is 6. The van der Waals surface area contributed by atoms with E-state index in [-0.39, 0.29) is 65.1 Å². The SMILES string of the molecule is CC(C)=C[C@H]1CO[C@]23C[C@]4(CO2)C(CCC2[C@@]5(C)CC[C@H](O[C@@H]6OC[C@H](O)[C@@H](O[C@@H]7OC(COSO)[C@@H](O)[C@@H](O)C7O)C6O)C(C)(C)C5CC[C@]24C)C3[C@]1(C)O. The number of hydrogen-bond donors (Lipinski definition) is 7. The van der Waals surface area contributed by atoms with E-state index in [1.54, 1.807) is 0 Å². The number of aliphatic hydroxyl groups excluding tert-OH is 5. The topological polar surface area (TPSA) is 206 Å². The molecule has 7 N–H and O–H groups in total. The van der Waals surface area contributed by atoms with Crippen LogP contribution >= 0.6 is 12.3 Å². The van der Waals surface area contributed by atoms with E-state index in [0.29, 0.717) is 31.0 Å². The Morgan fingerprint density at radius 3 is 2.29 bits per heavy atom. The molecule has 14 nitrogen and oxygen atoms in total. The van der Waals surface area contributed by atoms with Crippen LogP contribution in [-0.2, 0) is 32.6 Å². The molecular formula is C41H66O14S. The van der Waals surface area contributed by atoms with Crippen molar-refractivity contribution in [1.82, 2.24) is 0 Å². The highest BCUT2D eigenvalue weighted by atomic mass is 32.2. The van der Waals surface area contributed by atoms with Gasteiger partial charge in [0.05, 0.1) is 38.1 Å². The molecule has 4 saturated heterocycles. The molecule has 0 radical (unpaired) electrons. The number of hydrogen-bond acceptors (Lipinski definition) is 15. The van der Waals surface area contributed by atoms with E-state index in [0.717, 1.165) is 44.9 Å². The molecule has 8 fully saturated rings. The van der Waals surface area contributed by atoms with Gasteiger partial charge in [0.15, 0.2) is 30.7 Å². The minimum atomic E-state index is -1.69. The van der Waals surface area contributed by atoms with E-state index in [1.807, 2.05) is 6.92 Å². The molecule has 4 saturated carbocycles. The summed E-state index contributed by atoms with van der Waals surface area (Å²) in [7, 11) is 0. The monoisotopic (exact) mass is 814 g/mol. The molecule has 2 spiro atoms. The molecule has 0 aromatic heterocycles. The molecule has 2 bridgehead atoms. The average molecular weight is 815 g/mol. The fraction of sp³-hybridized carbons (Fsp3) is 0.951.